The lowest BCUT2D eigenvalue weighted by Gasteiger charge is -2.22. The van der Waals surface area contributed by atoms with Crippen LogP contribution in [-0.4, -0.2) is 17.1 Å². The Labute approximate surface area is 142 Å². The first-order valence-electron chi connectivity index (χ1n) is 8.61. The molecule has 3 rings (SSSR count). The average Bonchev–Trinajstić information content (AvgIpc) is 2.63. The molecule has 1 saturated carbocycles. The van der Waals surface area contributed by atoms with Crippen molar-refractivity contribution in [3.63, 3.8) is 0 Å². The van der Waals surface area contributed by atoms with Crippen molar-refractivity contribution in [3.05, 3.63) is 54.4 Å². The standard InChI is InChI=1S/C19H24N4O/c24-19(22-16-6-2-1-3-7-16)23-17-11-9-15(10-12-17)21-14-18-8-4-5-13-20-18/h4-5,8-13,16,21H,1-3,6-7,14H2,(H2,22,23,24). The van der Waals surface area contributed by atoms with Gasteiger partial charge < -0.3 is 16.0 Å². The Morgan fingerprint density at radius 3 is 2.46 bits per heavy atom. The summed E-state index contributed by atoms with van der Waals surface area (Å²) >= 11 is 0. The number of rotatable bonds is 5. The summed E-state index contributed by atoms with van der Waals surface area (Å²) in [5, 5.41) is 9.27. The number of hydrogen-bond donors (Lipinski definition) is 3. The predicted molar refractivity (Wildman–Crippen MR) is 97.0 cm³/mol. The molecule has 0 atom stereocenters. The quantitative estimate of drug-likeness (QED) is 0.774. The van der Waals surface area contributed by atoms with Crippen LogP contribution in [0.5, 0.6) is 0 Å². The molecule has 1 aliphatic carbocycles. The molecule has 1 aromatic heterocycles. The monoisotopic (exact) mass is 324 g/mol. The topological polar surface area (TPSA) is 66.0 Å². The summed E-state index contributed by atoms with van der Waals surface area (Å²) in [5.41, 5.74) is 2.79. The summed E-state index contributed by atoms with van der Waals surface area (Å²) in [4.78, 5) is 16.3. The van der Waals surface area contributed by atoms with Crippen molar-refractivity contribution in [2.45, 2.75) is 44.7 Å². The van der Waals surface area contributed by atoms with Gasteiger partial charge in [-0.15, -0.1) is 0 Å². The Balaban J connectivity index is 1.46. The largest absolute Gasteiger partial charge is 0.379 e. The third-order valence-corrected chi connectivity index (χ3v) is 4.28. The molecular weight excluding hydrogens is 300 g/mol. The van der Waals surface area contributed by atoms with Crippen molar-refractivity contribution < 1.29 is 4.79 Å². The lowest BCUT2D eigenvalue weighted by molar-refractivity contribution is 0.244. The maximum absolute atomic E-state index is 12.0. The Hall–Kier alpha value is -2.56. The molecule has 0 unspecified atom stereocenters. The third-order valence-electron chi connectivity index (χ3n) is 4.28. The first kappa shape index (κ1) is 16.3. The number of benzene rings is 1. The van der Waals surface area contributed by atoms with Gasteiger partial charge in [0.2, 0.25) is 0 Å². The molecule has 3 N–H and O–H groups in total. The smallest absolute Gasteiger partial charge is 0.319 e. The van der Waals surface area contributed by atoms with E-state index in [0.717, 1.165) is 29.9 Å². The van der Waals surface area contributed by atoms with Crippen LogP contribution in [0.1, 0.15) is 37.8 Å². The summed E-state index contributed by atoms with van der Waals surface area (Å²) in [6.45, 7) is 0.676. The fourth-order valence-electron chi connectivity index (χ4n) is 2.97. The van der Waals surface area contributed by atoms with Gasteiger partial charge in [-0.25, -0.2) is 4.79 Å². The van der Waals surface area contributed by atoms with Gasteiger partial charge in [-0.05, 0) is 49.2 Å². The average molecular weight is 324 g/mol. The van der Waals surface area contributed by atoms with Crippen LogP contribution in [-0.2, 0) is 6.54 Å². The van der Waals surface area contributed by atoms with Crippen LogP contribution in [0.2, 0.25) is 0 Å². The lowest BCUT2D eigenvalue weighted by Crippen LogP contribution is -2.38. The van der Waals surface area contributed by atoms with E-state index in [2.05, 4.69) is 20.9 Å². The zero-order valence-electron chi connectivity index (χ0n) is 13.8. The van der Waals surface area contributed by atoms with E-state index >= 15 is 0 Å². The summed E-state index contributed by atoms with van der Waals surface area (Å²) in [5.74, 6) is 0. The minimum atomic E-state index is -0.115. The molecule has 0 spiro atoms. The minimum Gasteiger partial charge on any atom is -0.379 e. The molecule has 2 amide bonds. The molecule has 5 heteroatoms. The number of urea groups is 1. The van der Waals surface area contributed by atoms with Crippen LogP contribution in [0.25, 0.3) is 0 Å². The van der Waals surface area contributed by atoms with E-state index in [1.165, 1.54) is 19.3 Å². The SMILES string of the molecule is O=C(Nc1ccc(NCc2ccccn2)cc1)NC1CCCCC1. The van der Waals surface area contributed by atoms with Gasteiger partial charge in [-0.1, -0.05) is 25.3 Å². The molecule has 0 bridgehead atoms. The van der Waals surface area contributed by atoms with Gasteiger partial charge >= 0.3 is 6.03 Å². The van der Waals surface area contributed by atoms with Crippen LogP contribution >= 0.6 is 0 Å². The van der Waals surface area contributed by atoms with E-state index in [0.29, 0.717) is 12.6 Å². The highest BCUT2D eigenvalue weighted by Gasteiger charge is 2.15. The summed E-state index contributed by atoms with van der Waals surface area (Å²) < 4.78 is 0. The van der Waals surface area contributed by atoms with Gasteiger partial charge in [0.25, 0.3) is 0 Å². The van der Waals surface area contributed by atoms with Gasteiger partial charge in [0, 0.05) is 23.6 Å². The number of pyridine rings is 1. The molecule has 1 aromatic carbocycles. The Kier molecular flexibility index (Phi) is 5.66. The summed E-state index contributed by atoms with van der Waals surface area (Å²) in [7, 11) is 0. The molecule has 2 aromatic rings. The lowest BCUT2D eigenvalue weighted by atomic mass is 9.96. The van der Waals surface area contributed by atoms with E-state index in [9.17, 15) is 4.79 Å². The molecular formula is C19H24N4O. The number of aromatic nitrogens is 1. The van der Waals surface area contributed by atoms with Gasteiger partial charge in [0.1, 0.15) is 0 Å². The molecule has 1 heterocycles. The number of anilines is 2. The second kappa shape index (κ2) is 8.34. The van der Waals surface area contributed by atoms with Gasteiger partial charge in [0.15, 0.2) is 0 Å². The second-order valence-electron chi connectivity index (χ2n) is 6.19. The van der Waals surface area contributed by atoms with E-state index < -0.39 is 0 Å². The van der Waals surface area contributed by atoms with Crippen molar-refractivity contribution in [2.75, 3.05) is 10.6 Å². The van der Waals surface area contributed by atoms with Gasteiger partial charge in [-0.2, -0.15) is 0 Å². The molecule has 126 valence electrons. The normalized spacial score (nSPS) is 14.8. The molecule has 5 nitrogen and oxygen atoms in total. The number of nitrogens with zero attached hydrogens (tertiary/aromatic N) is 1. The molecule has 0 aliphatic heterocycles. The number of hydrogen-bond acceptors (Lipinski definition) is 3. The Morgan fingerprint density at radius 2 is 1.75 bits per heavy atom. The zero-order valence-corrected chi connectivity index (χ0v) is 13.8. The number of carbonyl (C=O) groups excluding carboxylic acids is 1. The molecule has 24 heavy (non-hydrogen) atoms. The highest BCUT2D eigenvalue weighted by Crippen LogP contribution is 2.18. The maximum atomic E-state index is 12.0. The Bertz CT molecular complexity index is 636. The molecule has 1 aliphatic rings. The summed E-state index contributed by atoms with van der Waals surface area (Å²) in [6, 6.07) is 13.8. The molecule has 0 radical (unpaired) electrons. The van der Waals surface area contributed by atoms with Gasteiger partial charge in [0.05, 0.1) is 12.2 Å². The fraction of sp³-hybridized carbons (Fsp3) is 0.368. The van der Waals surface area contributed by atoms with Crippen molar-refractivity contribution in [1.29, 1.82) is 0 Å². The van der Waals surface area contributed by atoms with Gasteiger partial charge in [-0.3, -0.25) is 4.98 Å². The van der Waals surface area contributed by atoms with Crippen molar-refractivity contribution in [3.8, 4) is 0 Å². The van der Waals surface area contributed by atoms with Crippen molar-refractivity contribution in [1.82, 2.24) is 10.3 Å². The highest BCUT2D eigenvalue weighted by atomic mass is 16.2. The minimum absolute atomic E-state index is 0.115. The summed E-state index contributed by atoms with van der Waals surface area (Å²) in [6.07, 6.45) is 7.67. The number of carbonyl (C=O) groups is 1. The van der Waals surface area contributed by atoms with E-state index in [1.807, 2.05) is 42.5 Å². The predicted octanol–water partition coefficient (Wildman–Crippen LogP) is 4.15. The fourth-order valence-corrected chi connectivity index (χ4v) is 2.97. The van der Waals surface area contributed by atoms with E-state index in [4.69, 9.17) is 0 Å². The molecule has 0 saturated heterocycles. The number of nitrogens with one attached hydrogen (secondary N) is 3. The first-order valence-corrected chi connectivity index (χ1v) is 8.61. The Morgan fingerprint density at radius 1 is 1.00 bits per heavy atom. The van der Waals surface area contributed by atoms with Crippen LogP contribution in [0, 0.1) is 0 Å². The third kappa shape index (κ3) is 4.98. The van der Waals surface area contributed by atoms with Crippen LogP contribution < -0.4 is 16.0 Å². The first-order chi connectivity index (χ1) is 11.8. The zero-order chi connectivity index (χ0) is 16.6. The molecule has 1 fully saturated rings. The van der Waals surface area contributed by atoms with E-state index in [-0.39, 0.29) is 6.03 Å². The second-order valence-corrected chi connectivity index (χ2v) is 6.19. The van der Waals surface area contributed by atoms with E-state index in [1.54, 1.807) is 6.20 Å². The highest BCUT2D eigenvalue weighted by molar-refractivity contribution is 5.89. The van der Waals surface area contributed by atoms with Crippen LogP contribution in [0.3, 0.4) is 0 Å². The van der Waals surface area contributed by atoms with Crippen LogP contribution in [0.15, 0.2) is 48.7 Å². The maximum Gasteiger partial charge on any atom is 0.319 e. The van der Waals surface area contributed by atoms with Crippen molar-refractivity contribution in [2.24, 2.45) is 0 Å². The van der Waals surface area contributed by atoms with Crippen LogP contribution in [0.4, 0.5) is 16.2 Å². The number of amides is 2. The van der Waals surface area contributed by atoms with Crippen molar-refractivity contribution >= 4 is 17.4 Å².